The Balaban J connectivity index is 2.03. The van der Waals surface area contributed by atoms with E-state index >= 15 is 0 Å². The number of benzene rings is 1. The number of nitrogens with one attached hydrogen (secondary N) is 1. The molecular weight excluding hydrogens is 343 g/mol. The largest absolute Gasteiger partial charge is 0.416 e. The molecule has 0 fully saturated rings. The van der Waals surface area contributed by atoms with Crippen LogP contribution < -0.4 is 11.1 Å². The second kappa shape index (κ2) is 7.30. The zero-order valence-electron chi connectivity index (χ0n) is 12.8. The predicted octanol–water partition coefficient (Wildman–Crippen LogP) is 2.30. The third-order valence-corrected chi connectivity index (χ3v) is 3.24. The van der Waals surface area contributed by atoms with Crippen molar-refractivity contribution < 1.29 is 22.9 Å². The summed E-state index contributed by atoms with van der Waals surface area (Å²) in [6, 6.07) is 3.08. The lowest BCUT2D eigenvalue weighted by atomic mass is 10.1. The van der Waals surface area contributed by atoms with Crippen LogP contribution in [0, 0.1) is 10.1 Å². The molecule has 1 heterocycles. The molecule has 2 rings (SSSR count). The van der Waals surface area contributed by atoms with Crippen molar-refractivity contribution in [2.45, 2.75) is 25.7 Å². The number of carbonyl (C=O) groups excluding carboxylic acids is 1. The van der Waals surface area contributed by atoms with Crippen molar-refractivity contribution in [1.29, 1.82) is 0 Å². The Kier molecular flexibility index (Phi) is 5.37. The standard InChI is InChI=1S/C14H14F3N5O3/c15-14(16,17)10-3-9(6-18)4-11(5-10)20-13(23)1-2-21-8-12(7-19-21)22(24)25/h3-5,7-8H,1-2,6,18H2,(H,20,23). The van der Waals surface area contributed by atoms with Crippen LogP contribution in [0.1, 0.15) is 17.5 Å². The molecule has 0 spiro atoms. The highest BCUT2D eigenvalue weighted by Crippen LogP contribution is 2.32. The smallest absolute Gasteiger partial charge is 0.326 e. The fourth-order valence-corrected chi connectivity index (χ4v) is 2.05. The van der Waals surface area contributed by atoms with Gasteiger partial charge < -0.3 is 11.1 Å². The summed E-state index contributed by atoms with van der Waals surface area (Å²) in [5.74, 6) is -0.555. The van der Waals surface area contributed by atoms with Gasteiger partial charge in [0.2, 0.25) is 5.91 Å². The maximum atomic E-state index is 12.8. The van der Waals surface area contributed by atoms with E-state index < -0.39 is 22.6 Å². The molecule has 0 bridgehead atoms. The molecule has 134 valence electrons. The van der Waals surface area contributed by atoms with Crippen LogP contribution in [0.2, 0.25) is 0 Å². The molecule has 11 heteroatoms. The van der Waals surface area contributed by atoms with E-state index in [1.807, 2.05) is 0 Å². The van der Waals surface area contributed by atoms with Gasteiger partial charge in [-0.3, -0.25) is 19.6 Å². The van der Waals surface area contributed by atoms with Gasteiger partial charge in [0, 0.05) is 25.2 Å². The van der Waals surface area contributed by atoms with Gasteiger partial charge in [-0.2, -0.15) is 18.3 Å². The van der Waals surface area contributed by atoms with Crippen LogP contribution in [0.5, 0.6) is 0 Å². The molecule has 0 aliphatic carbocycles. The van der Waals surface area contributed by atoms with E-state index in [9.17, 15) is 28.1 Å². The lowest BCUT2D eigenvalue weighted by molar-refractivity contribution is -0.385. The van der Waals surface area contributed by atoms with Crippen LogP contribution in [0.25, 0.3) is 0 Å². The summed E-state index contributed by atoms with van der Waals surface area (Å²) in [6.07, 6.45) is -2.48. The highest BCUT2D eigenvalue weighted by atomic mass is 19.4. The Morgan fingerprint density at radius 2 is 2.08 bits per heavy atom. The molecule has 3 N–H and O–H groups in total. The maximum Gasteiger partial charge on any atom is 0.416 e. The maximum absolute atomic E-state index is 12.8. The lowest BCUT2D eigenvalue weighted by Crippen LogP contribution is -2.16. The topological polar surface area (TPSA) is 116 Å². The first kappa shape index (κ1) is 18.4. The molecule has 0 unspecified atom stereocenters. The number of carbonyl (C=O) groups is 1. The number of anilines is 1. The van der Waals surface area contributed by atoms with E-state index in [1.54, 1.807) is 0 Å². The van der Waals surface area contributed by atoms with Crippen molar-refractivity contribution in [2.24, 2.45) is 5.73 Å². The Hall–Kier alpha value is -2.95. The summed E-state index contributed by atoms with van der Waals surface area (Å²) >= 11 is 0. The van der Waals surface area contributed by atoms with E-state index in [-0.39, 0.29) is 36.4 Å². The Bertz CT molecular complexity index is 788. The zero-order valence-corrected chi connectivity index (χ0v) is 12.8. The van der Waals surface area contributed by atoms with Crippen LogP contribution in [-0.2, 0) is 24.1 Å². The molecule has 0 atom stereocenters. The van der Waals surface area contributed by atoms with E-state index in [1.165, 1.54) is 10.7 Å². The molecule has 25 heavy (non-hydrogen) atoms. The molecule has 0 saturated carbocycles. The van der Waals surface area contributed by atoms with Crippen molar-refractivity contribution in [2.75, 3.05) is 5.32 Å². The van der Waals surface area contributed by atoms with Gasteiger partial charge in [-0.1, -0.05) is 0 Å². The number of nitro groups is 1. The van der Waals surface area contributed by atoms with Crippen LogP contribution >= 0.6 is 0 Å². The molecular formula is C14H14F3N5O3. The van der Waals surface area contributed by atoms with Crippen molar-refractivity contribution in [3.63, 3.8) is 0 Å². The Morgan fingerprint density at radius 1 is 1.36 bits per heavy atom. The predicted molar refractivity (Wildman–Crippen MR) is 81.5 cm³/mol. The number of rotatable bonds is 6. The summed E-state index contributed by atoms with van der Waals surface area (Å²) in [6.45, 7) is -0.0634. The minimum atomic E-state index is -4.56. The van der Waals surface area contributed by atoms with Crippen LogP contribution in [-0.4, -0.2) is 20.6 Å². The van der Waals surface area contributed by atoms with E-state index in [2.05, 4.69) is 10.4 Å². The molecule has 1 aromatic heterocycles. The highest BCUT2D eigenvalue weighted by molar-refractivity contribution is 5.90. The minimum absolute atomic E-state index is 0.0216. The first-order valence-electron chi connectivity index (χ1n) is 7.07. The molecule has 0 saturated heterocycles. The summed E-state index contributed by atoms with van der Waals surface area (Å²) in [5.41, 5.74) is 4.46. The number of aromatic nitrogens is 2. The lowest BCUT2D eigenvalue weighted by Gasteiger charge is -2.12. The SMILES string of the molecule is NCc1cc(NC(=O)CCn2cc([N+](=O)[O-])cn2)cc(C(F)(F)F)c1. The average molecular weight is 357 g/mol. The molecule has 1 aromatic carbocycles. The van der Waals surface area contributed by atoms with Crippen LogP contribution in [0.15, 0.2) is 30.6 Å². The van der Waals surface area contributed by atoms with E-state index in [4.69, 9.17) is 5.73 Å². The number of alkyl halides is 3. The number of amides is 1. The van der Waals surface area contributed by atoms with Gasteiger partial charge in [-0.05, 0) is 23.8 Å². The van der Waals surface area contributed by atoms with Crippen LogP contribution in [0.4, 0.5) is 24.5 Å². The van der Waals surface area contributed by atoms with Gasteiger partial charge in [0.05, 0.1) is 10.5 Å². The second-order valence-corrected chi connectivity index (χ2v) is 5.14. The summed E-state index contributed by atoms with van der Waals surface area (Å²) in [5, 5.41) is 16.6. The Morgan fingerprint density at radius 3 is 2.64 bits per heavy atom. The van der Waals surface area contributed by atoms with Gasteiger partial charge in [0.1, 0.15) is 12.4 Å². The third kappa shape index (κ3) is 5.01. The average Bonchev–Trinajstić information content (AvgIpc) is 3.01. The quantitative estimate of drug-likeness (QED) is 0.608. The summed E-state index contributed by atoms with van der Waals surface area (Å²) < 4.78 is 39.7. The molecule has 1 amide bonds. The van der Waals surface area contributed by atoms with Crippen molar-refractivity contribution in [3.05, 3.63) is 51.8 Å². The number of nitrogens with zero attached hydrogens (tertiary/aromatic N) is 3. The fourth-order valence-electron chi connectivity index (χ4n) is 2.05. The minimum Gasteiger partial charge on any atom is -0.326 e. The molecule has 0 aliphatic rings. The van der Waals surface area contributed by atoms with Crippen molar-refractivity contribution in [3.8, 4) is 0 Å². The van der Waals surface area contributed by atoms with Crippen LogP contribution in [0.3, 0.4) is 0 Å². The van der Waals surface area contributed by atoms with Gasteiger partial charge in [0.25, 0.3) is 0 Å². The van der Waals surface area contributed by atoms with Gasteiger partial charge >= 0.3 is 11.9 Å². The normalized spacial score (nSPS) is 11.4. The van der Waals surface area contributed by atoms with Crippen molar-refractivity contribution >= 4 is 17.3 Å². The summed E-state index contributed by atoms with van der Waals surface area (Å²) in [7, 11) is 0. The number of aryl methyl sites for hydroxylation is 1. The second-order valence-electron chi connectivity index (χ2n) is 5.14. The fraction of sp³-hybridized carbons (Fsp3) is 0.286. The monoisotopic (exact) mass is 357 g/mol. The molecule has 0 radical (unpaired) electrons. The zero-order chi connectivity index (χ0) is 18.6. The number of hydrogen-bond donors (Lipinski definition) is 2. The number of halogens is 3. The third-order valence-electron chi connectivity index (χ3n) is 3.24. The van der Waals surface area contributed by atoms with Gasteiger partial charge in [-0.15, -0.1) is 0 Å². The van der Waals surface area contributed by atoms with E-state index in [0.29, 0.717) is 0 Å². The summed E-state index contributed by atoms with van der Waals surface area (Å²) in [4.78, 5) is 21.8. The first-order valence-corrected chi connectivity index (χ1v) is 7.07. The van der Waals surface area contributed by atoms with Gasteiger partial charge in [-0.25, -0.2) is 0 Å². The van der Waals surface area contributed by atoms with E-state index in [0.717, 1.165) is 24.5 Å². The Labute approximate surface area is 139 Å². The number of nitrogens with two attached hydrogens (primary N) is 1. The molecule has 2 aromatic rings. The van der Waals surface area contributed by atoms with Gasteiger partial charge in [0.15, 0.2) is 0 Å². The molecule has 8 nitrogen and oxygen atoms in total. The first-order chi connectivity index (χ1) is 11.7. The highest BCUT2D eigenvalue weighted by Gasteiger charge is 2.31. The molecule has 0 aliphatic heterocycles. The van der Waals surface area contributed by atoms with Crippen molar-refractivity contribution in [1.82, 2.24) is 9.78 Å². The number of hydrogen-bond acceptors (Lipinski definition) is 5.